The van der Waals surface area contributed by atoms with Crippen molar-refractivity contribution in [2.75, 3.05) is 26.0 Å². The molecule has 1 amide bonds. The number of hydrogen-bond acceptors (Lipinski definition) is 3. The molecule has 108 valence electrons. The Labute approximate surface area is 121 Å². The first-order valence-corrected chi connectivity index (χ1v) is 6.79. The molecule has 0 heterocycles. The molecule has 4 heteroatoms. The molecule has 1 aromatic rings. The van der Waals surface area contributed by atoms with Crippen molar-refractivity contribution in [3.05, 3.63) is 29.8 Å². The third-order valence-electron chi connectivity index (χ3n) is 3.21. The van der Waals surface area contributed by atoms with Crippen molar-refractivity contribution >= 4 is 11.6 Å². The Balaban J connectivity index is 2.90. The first kappa shape index (κ1) is 16.0. The molecule has 0 aliphatic carbocycles. The summed E-state index contributed by atoms with van der Waals surface area (Å²) in [5.41, 5.74) is 1.92. The zero-order chi connectivity index (χ0) is 15.3. The molecule has 1 unspecified atom stereocenters. The number of anilines is 1. The number of nitriles is 1. The van der Waals surface area contributed by atoms with E-state index in [9.17, 15) is 10.1 Å². The number of carbonyl (C=O) groups is 1. The van der Waals surface area contributed by atoms with E-state index in [2.05, 4.69) is 6.07 Å². The molecule has 0 radical (unpaired) electrons. The quantitative estimate of drug-likeness (QED) is 0.828. The number of carbonyl (C=O) groups excluding carboxylic acids is 1. The molecule has 0 aliphatic rings. The van der Waals surface area contributed by atoms with Crippen molar-refractivity contribution in [1.82, 2.24) is 4.90 Å². The van der Waals surface area contributed by atoms with Crippen LogP contribution in [-0.4, -0.2) is 32.0 Å². The maximum Gasteiger partial charge on any atom is 0.223 e. The standard InChI is InChI=1S/C16H23N3O/c1-12(2)10-16(20)19(5)15(11-17)13-6-8-14(9-7-13)18(3)4/h6-9,12,15H,10H2,1-5H3. The smallest absolute Gasteiger partial charge is 0.223 e. The normalized spacial score (nSPS) is 11.8. The number of hydrogen-bond donors (Lipinski definition) is 0. The van der Waals surface area contributed by atoms with Crippen molar-refractivity contribution in [1.29, 1.82) is 5.26 Å². The van der Waals surface area contributed by atoms with Gasteiger partial charge in [-0.2, -0.15) is 5.26 Å². The lowest BCUT2D eigenvalue weighted by molar-refractivity contribution is -0.131. The molecule has 1 rings (SSSR count). The molecular formula is C16H23N3O. The monoisotopic (exact) mass is 273 g/mol. The summed E-state index contributed by atoms with van der Waals surface area (Å²) in [4.78, 5) is 15.6. The molecule has 0 fully saturated rings. The van der Waals surface area contributed by atoms with Crippen LogP contribution in [0, 0.1) is 17.2 Å². The summed E-state index contributed by atoms with van der Waals surface area (Å²) in [5.74, 6) is 0.295. The van der Waals surface area contributed by atoms with Gasteiger partial charge in [-0.25, -0.2) is 0 Å². The molecule has 0 bridgehead atoms. The van der Waals surface area contributed by atoms with Gasteiger partial charge in [0.25, 0.3) is 0 Å². The van der Waals surface area contributed by atoms with Gasteiger partial charge in [-0.3, -0.25) is 4.79 Å². The second kappa shape index (κ2) is 6.95. The summed E-state index contributed by atoms with van der Waals surface area (Å²) in [6, 6.07) is 9.41. The maximum absolute atomic E-state index is 12.1. The fraction of sp³-hybridized carbons (Fsp3) is 0.500. The summed E-state index contributed by atoms with van der Waals surface area (Å²) in [7, 11) is 5.63. The zero-order valence-corrected chi connectivity index (χ0v) is 12.9. The molecule has 20 heavy (non-hydrogen) atoms. The topological polar surface area (TPSA) is 47.3 Å². The molecule has 0 aromatic heterocycles. The highest BCUT2D eigenvalue weighted by atomic mass is 16.2. The van der Waals surface area contributed by atoms with Crippen LogP contribution in [0.2, 0.25) is 0 Å². The van der Waals surface area contributed by atoms with Crippen LogP contribution in [0.3, 0.4) is 0 Å². The van der Waals surface area contributed by atoms with Crippen LogP contribution in [0.15, 0.2) is 24.3 Å². The summed E-state index contributed by atoms with van der Waals surface area (Å²) in [6.45, 7) is 4.00. The highest BCUT2D eigenvalue weighted by Gasteiger charge is 2.21. The molecular weight excluding hydrogens is 250 g/mol. The van der Waals surface area contributed by atoms with Crippen LogP contribution in [0.4, 0.5) is 5.69 Å². The molecule has 0 saturated carbocycles. The molecule has 1 atom stereocenters. The van der Waals surface area contributed by atoms with Crippen molar-refractivity contribution < 1.29 is 4.79 Å². The minimum atomic E-state index is -0.530. The van der Waals surface area contributed by atoms with Gasteiger partial charge >= 0.3 is 0 Å². The molecule has 4 nitrogen and oxygen atoms in total. The Morgan fingerprint density at radius 3 is 2.15 bits per heavy atom. The van der Waals surface area contributed by atoms with E-state index in [1.165, 1.54) is 4.90 Å². The fourth-order valence-corrected chi connectivity index (χ4v) is 1.98. The van der Waals surface area contributed by atoms with Crippen LogP contribution in [0.5, 0.6) is 0 Å². The summed E-state index contributed by atoms with van der Waals surface area (Å²) in [5, 5.41) is 9.36. The van der Waals surface area contributed by atoms with Crippen molar-refractivity contribution in [2.45, 2.75) is 26.3 Å². The van der Waals surface area contributed by atoms with Gasteiger partial charge < -0.3 is 9.80 Å². The van der Waals surface area contributed by atoms with Crippen molar-refractivity contribution in [3.63, 3.8) is 0 Å². The first-order chi connectivity index (χ1) is 9.36. The van der Waals surface area contributed by atoms with E-state index in [-0.39, 0.29) is 5.91 Å². The lowest BCUT2D eigenvalue weighted by Gasteiger charge is -2.24. The number of benzene rings is 1. The van der Waals surface area contributed by atoms with Gasteiger partial charge in [-0.05, 0) is 23.6 Å². The van der Waals surface area contributed by atoms with Crippen molar-refractivity contribution in [3.8, 4) is 6.07 Å². The van der Waals surface area contributed by atoms with Crippen LogP contribution in [0.1, 0.15) is 31.9 Å². The van der Waals surface area contributed by atoms with E-state index in [4.69, 9.17) is 0 Å². The van der Waals surface area contributed by atoms with E-state index in [1.54, 1.807) is 7.05 Å². The lowest BCUT2D eigenvalue weighted by atomic mass is 10.0. The second-order valence-electron chi connectivity index (χ2n) is 5.62. The average Bonchev–Trinajstić information content (AvgIpc) is 2.39. The Bertz CT molecular complexity index is 485. The van der Waals surface area contributed by atoms with E-state index >= 15 is 0 Å². The van der Waals surface area contributed by atoms with E-state index in [0.29, 0.717) is 12.3 Å². The summed E-state index contributed by atoms with van der Waals surface area (Å²) < 4.78 is 0. The summed E-state index contributed by atoms with van der Waals surface area (Å²) in [6.07, 6.45) is 0.463. The first-order valence-electron chi connectivity index (χ1n) is 6.79. The van der Waals surface area contributed by atoms with Gasteiger partial charge in [-0.15, -0.1) is 0 Å². The van der Waals surface area contributed by atoms with Gasteiger partial charge in [0, 0.05) is 33.3 Å². The van der Waals surface area contributed by atoms with Gasteiger partial charge in [0.05, 0.1) is 6.07 Å². The Morgan fingerprint density at radius 1 is 1.20 bits per heavy atom. The molecule has 0 N–H and O–H groups in total. The van der Waals surface area contributed by atoms with Crippen LogP contribution >= 0.6 is 0 Å². The highest BCUT2D eigenvalue weighted by molar-refractivity contribution is 5.77. The average molecular weight is 273 g/mol. The highest BCUT2D eigenvalue weighted by Crippen LogP contribution is 2.22. The Morgan fingerprint density at radius 2 is 1.75 bits per heavy atom. The van der Waals surface area contributed by atoms with Crippen LogP contribution < -0.4 is 4.90 Å². The minimum Gasteiger partial charge on any atom is -0.378 e. The molecule has 0 aliphatic heterocycles. The third-order valence-corrected chi connectivity index (χ3v) is 3.21. The number of rotatable bonds is 5. The SMILES string of the molecule is CC(C)CC(=O)N(C)C(C#N)c1ccc(N(C)C)cc1. The summed E-state index contributed by atoms with van der Waals surface area (Å²) >= 11 is 0. The van der Waals surface area contributed by atoms with Crippen LogP contribution in [-0.2, 0) is 4.79 Å². The molecule has 1 aromatic carbocycles. The van der Waals surface area contributed by atoms with E-state index < -0.39 is 6.04 Å². The second-order valence-corrected chi connectivity index (χ2v) is 5.62. The molecule has 0 spiro atoms. The Hall–Kier alpha value is -2.02. The third kappa shape index (κ3) is 3.99. The van der Waals surface area contributed by atoms with Gasteiger partial charge in [0.1, 0.15) is 6.04 Å². The lowest BCUT2D eigenvalue weighted by Crippen LogP contribution is -2.31. The predicted octanol–water partition coefficient (Wildman–Crippen LogP) is 2.82. The van der Waals surface area contributed by atoms with Crippen molar-refractivity contribution in [2.24, 2.45) is 5.92 Å². The fourth-order valence-electron chi connectivity index (χ4n) is 1.98. The van der Waals surface area contributed by atoms with E-state index in [1.807, 2.05) is 57.1 Å². The zero-order valence-electron chi connectivity index (χ0n) is 12.9. The number of amides is 1. The van der Waals surface area contributed by atoms with Crippen LogP contribution in [0.25, 0.3) is 0 Å². The van der Waals surface area contributed by atoms with E-state index in [0.717, 1.165) is 11.3 Å². The van der Waals surface area contributed by atoms with Gasteiger partial charge in [-0.1, -0.05) is 26.0 Å². The Kier molecular flexibility index (Phi) is 5.57. The maximum atomic E-state index is 12.1. The minimum absolute atomic E-state index is 0.00300. The number of nitrogens with zero attached hydrogens (tertiary/aromatic N) is 3. The van der Waals surface area contributed by atoms with Gasteiger partial charge in [0.2, 0.25) is 5.91 Å². The molecule has 0 saturated heterocycles. The van der Waals surface area contributed by atoms with Gasteiger partial charge in [0.15, 0.2) is 0 Å². The largest absolute Gasteiger partial charge is 0.378 e. The predicted molar refractivity (Wildman–Crippen MR) is 81.3 cm³/mol.